The van der Waals surface area contributed by atoms with Crippen molar-refractivity contribution < 1.29 is 9.90 Å². The number of nitrogens with zero attached hydrogens (tertiary/aromatic N) is 2. The van der Waals surface area contributed by atoms with Crippen LogP contribution in [-0.4, -0.2) is 32.9 Å². The fraction of sp³-hybridized carbons (Fsp3) is 0.667. The van der Waals surface area contributed by atoms with Crippen LogP contribution in [0.25, 0.3) is 0 Å². The Morgan fingerprint density at radius 3 is 2.76 bits per heavy atom. The average molecular weight is 237 g/mol. The summed E-state index contributed by atoms with van der Waals surface area (Å²) in [6.45, 7) is 4.39. The number of carbonyl (C=O) groups excluding carboxylic acids is 1. The van der Waals surface area contributed by atoms with Crippen LogP contribution in [0.5, 0.6) is 0 Å². The van der Waals surface area contributed by atoms with Gasteiger partial charge in [0.25, 0.3) is 0 Å². The van der Waals surface area contributed by atoms with Crippen molar-refractivity contribution in [1.82, 2.24) is 15.1 Å². The SMILES string of the molecule is Cc1cc(C)n(CC(=O)NCC2(O)CCC2)n1. The Bertz CT molecular complexity index is 421. The minimum atomic E-state index is -0.662. The standard InChI is InChI=1S/C12H19N3O2/c1-9-6-10(2)15(14-9)7-11(16)13-8-12(17)4-3-5-12/h6,17H,3-5,7-8H2,1-2H3,(H,13,16). The van der Waals surface area contributed by atoms with Crippen LogP contribution in [0.4, 0.5) is 0 Å². The molecule has 0 radical (unpaired) electrons. The largest absolute Gasteiger partial charge is 0.388 e. The lowest BCUT2D eigenvalue weighted by atomic mass is 9.80. The first-order valence-corrected chi connectivity index (χ1v) is 5.99. The number of aromatic nitrogens is 2. The Kier molecular flexibility index (Phi) is 3.19. The molecular weight excluding hydrogens is 218 g/mol. The van der Waals surface area contributed by atoms with Crippen molar-refractivity contribution in [2.45, 2.75) is 45.3 Å². The molecule has 1 fully saturated rings. The zero-order chi connectivity index (χ0) is 12.5. The first-order chi connectivity index (χ1) is 7.98. The van der Waals surface area contributed by atoms with E-state index in [2.05, 4.69) is 10.4 Å². The maximum Gasteiger partial charge on any atom is 0.241 e. The molecule has 1 saturated carbocycles. The van der Waals surface area contributed by atoms with Crippen LogP contribution in [0.15, 0.2) is 6.07 Å². The van der Waals surface area contributed by atoms with Gasteiger partial charge in [0.15, 0.2) is 0 Å². The molecule has 1 aliphatic carbocycles. The quantitative estimate of drug-likeness (QED) is 0.802. The van der Waals surface area contributed by atoms with Gasteiger partial charge < -0.3 is 10.4 Å². The van der Waals surface area contributed by atoms with Crippen LogP contribution in [-0.2, 0) is 11.3 Å². The molecule has 0 unspecified atom stereocenters. The van der Waals surface area contributed by atoms with Crippen LogP contribution < -0.4 is 5.32 Å². The van der Waals surface area contributed by atoms with Gasteiger partial charge in [-0.2, -0.15) is 5.10 Å². The van der Waals surface area contributed by atoms with E-state index in [1.54, 1.807) is 4.68 Å². The number of hydrogen-bond donors (Lipinski definition) is 2. The van der Waals surface area contributed by atoms with Crippen molar-refractivity contribution in [3.8, 4) is 0 Å². The molecule has 5 nitrogen and oxygen atoms in total. The number of amides is 1. The van der Waals surface area contributed by atoms with Gasteiger partial charge in [-0.25, -0.2) is 0 Å². The minimum Gasteiger partial charge on any atom is -0.388 e. The summed E-state index contributed by atoms with van der Waals surface area (Å²) in [5.74, 6) is -0.100. The predicted molar refractivity (Wildman–Crippen MR) is 63.5 cm³/mol. The van der Waals surface area contributed by atoms with Gasteiger partial charge in [0.05, 0.1) is 11.3 Å². The lowest BCUT2D eigenvalue weighted by Gasteiger charge is -2.36. The molecule has 17 heavy (non-hydrogen) atoms. The molecule has 1 aromatic rings. The van der Waals surface area contributed by atoms with E-state index in [4.69, 9.17) is 0 Å². The van der Waals surface area contributed by atoms with Crippen LogP contribution in [0, 0.1) is 13.8 Å². The van der Waals surface area contributed by atoms with Gasteiger partial charge in [-0.05, 0) is 39.2 Å². The third-order valence-electron chi connectivity index (χ3n) is 3.30. The molecule has 0 spiro atoms. The Labute approximate surface area is 101 Å². The van der Waals surface area contributed by atoms with Gasteiger partial charge in [-0.3, -0.25) is 9.48 Å². The molecule has 0 aromatic carbocycles. The smallest absolute Gasteiger partial charge is 0.241 e. The summed E-state index contributed by atoms with van der Waals surface area (Å²) in [7, 11) is 0. The molecule has 1 heterocycles. The van der Waals surface area contributed by atoms with E-state index < -0.39 is 5.60 Å². The molecule has 0 aliphatic heterocycles. The first-order valence-electron chi connectivity index (χ1n) is 5.99. The highest BCUT2D eigenvalue weighted by molar-refractivity contribution is 5.75. The van der Waals surface area contributed by atoms with E-state index >= 15 is 0 Å². The summed E-state index contributed by atoms with van der Waals surface area (Å²) >= 11 is 0. The lowest BCUT2D eigenvalue weighted by Crippen LogP contribution is -2.48. The van der Waals surface area contributed by atoms with Crippen molar-refractivity contribution >= 4 is 5.91 Å². The van der Waals surface area contributed by atoms with Gasteiger partial charge in [0.2, 0.25) is 5.91 Å². The number of aryl methyl sites for hydroxylation is 2. The Balaban J connectivity index is 1.83. The number of carbonyl (C=O) groups is 1. The predicted octanol–water partition coefficient (Wildman–Crippen LogP) is 0.531. The van der Waals surface area contributed by atoms with Crippen molar-refractivity contribution in [3.63, 3.8) is 0 Å². The van der Waals surface area contributed by atoms with E-state index in [0.717, 1.165) is 30.7 Å². The summed E-state index contributed by atoms with van der Waals surface area (Å²) in [4.78, 5) is 11.7. The van der Waals surface area contributed by atoms with Crippen molar-refractivity contribution in [3.05, 3.63) is 17.5 Å². The number of nitrogens with one attached hydrogen (secondary N) is 1. The fourth-order valence-corrected chi connectivity index (χ4v) is 2.05. The molecule has 0 saturated heterocycles. The van der Waals surface area contributed by atoms with E-state index in [-0.39, 0.29) is 12.5 Å². The highest BCUT2D eigenvalue weighted by atomic mass is 16.3. The van der Waals surface area contributed by atoms with E-state index in [1.807, 2.05) is 19.9 Å². The fourth-order valence-electron chi connectivity index (χ4n) is 2.05. The molecule has 2 N–H and O–H groups in total. The molecular formula is C12H19N3O2. The highest BCUT2D eigenvalue weighted by Gasteiger charge is 2.34. The second-order valence-electron chi connectivity index (χ2n) is 4.94. The van der Waals surface area contributed by atoms with Crippen LogP contribution >= 0.6 is 0 Å². The molecule has 94 valence electrons. The van der Waals surface area contributed by atoms with Crippen molar-refractivity contribution in [2.24, 2.45) is 0 Å². The topological polar surface area (TPSA) is 67.2 Å². The van der Waals surface area contributed by atoms with Gasteiger partial charge in [-0.15, -0.1) is 0 Å². The maximum absolute atomic E-state index is 11.7. The molecule has 1 aromatic heterocycles. The van der Waals surface area contributed by atoms with Crippen LogP contribution in [0.1, 0.15) is 30.7 Å². The Morgan fingerprint density at radius 1 is 1.59 bits per heavy atom. The molecule has 5 heteroatoms. The molecule has 1 aliphatic rings. The van der Waals surface area contributed by atoms with Gasteiger partial charge in [0, 0.05) is 12.2 Å². The lowest BCUT2D eigenvalue weighted by molar-refractivity contribution is -0.124. The summed E-state index contributed by atoms with van der Waals surface area (Å²) in [5, 5.41) is 16.8. The Hall–Kier alpha value is -1.36. The molecule has 0 bridgehead atoms. The monoisotopic (exact) mass is 237 g/mol. The molecule has 0 atom stereocenters. The number of rotatable bonds is 4. The van der Waals surface area contributed by atoms with Crippen molar-refractivity contribution in [2.75, 3.05) is 6.54 Å². The third-order valence-corrected chi connectivity index (χ3v) is 3.30. The minimum absolute atomic E-state index is 0.100. The second kappa shape index (κ2) is 4.49. The number of aliphatic hydroxyl groups is 1. The molecule has 2 rings (SSSR count). The normalized spacial score (nSPS) is 17.6. The highest BCUT2D eigenvalue weighted by Crippen LogP contribution is 2.30. The van der Waals surface area contributed by atoms with E-state index in [9.17, 15) is 9.90 Å². The third kappa shape index (κ3) is 2.85. The average Bonchev–Trinajstić information content (AvgIpc) is 2.52. The van der Waals surface area contributed by atoms with Gasteiger partial charge in [0.1, 0.15) is 6.54 Å². The number of hydrogen-bond acceptors (Lipinski definition) is 3. The summed E-state index contributed by atoms with van der Waals surface area (Å²) in [6.07, 6.45) is 2.62. The van der Waals surface area contributed by atoms with Crippen LogP contribution in [0.3, 0.4) is 0 Å². The van der Waals surface area contributed by atoms with Gasteiger partial charge in [-0.1, -0.05) is 0 Å². The first kappa shape index (κ1) is 12.1. The zero-order valence-electron chi connectivity index (χ0n) is 10.4. The summed E-state index contributed by atoms with van der Waals surface area (Å²) < 4.78 is 1.68. The maximum atomic E-state index is 11.7. The van der Waals surface area contributed by atoms with E-state index in [0.29, 0.717) is 6.54 Å². The summed E-state index contributed by atoms with van der Waals surface area (Å²) in [6, 6.07) is 1.94. The zero-order valence-corrected chi connectivity index (χ0v) is 10.4. The van der Waals surface area contributed by atoms with E-state index in [1.165, 1.54) is 0 Å². The van der Waals surface area contributed by atoms with Crippen molar-refractivity contribution in [1.29, 1.82) is 0 Å². The summed E-state index contributed by atoms with van der Waals surface area (Å²) in [5.41, 5.74) is 1.22. The van der Waals surface area contributed by atoms with Crippen LogP contribution in [0.2, 0.25) is 0 Å². The van der Waals surface area contributed by atoms with Gasteiger partial charge >= 0.3 is 0 Å². The second-order valence-corrected chi connectivity index (χ2v) is 4.94. The molecule has 1 amide bonds. The Morgan fingerprint density at radius 2 is 2.29 bits per heavy atom.